The van der Waals surface area contributed by atoms with E-state index in [1.165, 1.54) is 0 Å². The van der Waals surface area contributed by atoms with Gasteiger partial charge in [0.15, 0.2) is 0 Å². The lowest BCUT2D eigenvalue weighted by Crippen LogP contribution is -2.22. The molecule has 0 unspecified atom stereocenters. The predicted molar refractivity (Wildman–Crippen MR) is 150 cm³/mol. The zero-order chi connectivity index (χ0) is 26.5. The van der Waals surface area contributed by atoms with E-state index in [1.807, 2.05) is 12.1 Å². The van der Waals surface area contributed by atoms with Crippen LogP contribution < -0.4 is 4.18 Å². The van der Waals surface area contributed by atoms with Crippen LogP contribution >= 0.6 is 12.6 Å². The summed E-state index contributed by atoms with van der Waals surface area (Å²) in [5.41, 5.74) is 3.77. The lowest BCUT2D eigenvalue weighted by Gasteiger charge is -2.26. The van der Waals surface area contributed by atoms with Crippen molar-refractivity contribution in [1.82, 2.24) is 0 Å². The Bertz CT molecular complexity index is 953. The Hall–Kier alpha value is -1.20. The molecule has 1 rings (SSSR count). The molecule has 0 heterocycles. The van der Waals surface area contributed by atoms with Crippen molar-refractivity contribution < 1.29 is 12.6 Å². The van der Waals surface area contributed by atoms with Crippen molar-refractivity contribution in [2.24, 2.45) is 23.7 Å². The van der Waals surface area contributed by atoms with Crippen molar-refractivity contribution in [1.29, 1.82) is 0 Å². The second kappa shape index (κ2) is 12.7. The van der Waals surface area contributed by atoms with Crippen LogP contribution in [0.4, 0.5) is 0 Å². The smallest absolute Gasteiger partial charge is 0.339 e. The summed E-state index contributed by atoms with van der Waals surface area (Å²) in [6.07, 6.45) is 2.92. The van der Waals surface area contributed by atoms with Gasteiger partial charge in [-0.2, -0.15) is 8.42 Å². The Morgan fingerprint density at radius 1 is 0.824 bits per heavy atom. The number of allylic oxidation sites excluding steroid dienone is 3. The normalized spacial score (nSPS) is 13.2. The molecule has 3 nitrogen and oxygen atoms in total. The van der Waals surface area contributed by atoms with E-state index in [9.17, 15) is 8.42 Å². The first kappa shape index (κ1) is 30.8. The Morgan fingerprint density at radius 3 is 1.59 bits per heavy atom. The van der Waals surface area contributed by atoms with Gasteiger partial charge in [-0.05, 0) is 76.3 Å². The topological polar surface area (TPSA) is 43.4 Å². The third kappa shape index (κ3) is 7.91. The maximum absolute atomic E-state index is 14.0. The summed E-state index contributed by atoms with van der Waals surface area (Å²) in [7, 11) is -4.07. The van der Waals surface area contributed by atoms with Gasteiger partial charge in [0.05, 0.1) is 0 Å². The van der Waals surface area contributed by atoms with Crippen molar-refractivity contribution in [3.05, 3.63) is 45.4 Å². The molecular weight excluding hydrogens is 460 g/mol. The third-order valence-electron chi connectivity index (χ3n) is 6.04. The van der Waals surface area contributed by atoms with Crippen molar-refractivity contribution >= 4 is 22.7 Å². The molecule has 1 aromatic rings. The molecule has 0 saturated carbocycles. The molecule has 0 spiro atoms. The van der Waals surface area contributed by atoms with Gasteiger partial charge in [0, 0.05) is 4.90 Å². The largest absolute Gasteiger partial charge is 0.379 e. The standard InChI is InChI=1S/C29H48O3S2/c1-17(2)13-14-24(18(3)4)29(27(21(9)10)22(11)12)34(30,31)32-23-15-25(19(5)6)28(33)26(16-23)20(7)8/h14-22,33H,13H2,1-12H3/b24-14-. The van der Waals surface area contributed by atoms with Crippen LogP contribution in [0.25, 0.3) is 0 Å². The van der Waals surface area contributed by atoms with Gasteiger partial charge < -0.3 is 4.18 Å². The summed E-state index contributed by atoms with van der Waals surface area (Å²) in [5, 5.41) is 0. The molecule has 194 valence electrons. The second-order valence-corrected chi connectivity index (χ2v) is 13.3. The molecule has 0 aliphatic carbocycles. The van der Waals surface area contributed by atoms with Crippen LogP contribution in [-0.2, 0) is 10.1 Å². The van der Waals surface area contributed by atoms with Crippen LogP contribution in [0.5, 0.6) is 5.75 Å². The van der Waals surface area contributed by atoms with E-state index in [0.717, 1.165) is 33.6 Å². The van der Waals surface area contributed by atoms with Crippen molar-refractivity contribution in [2.45, 2.75) is 106 Å². The molecule has 0 bridgehead atoms. The Morgan fingerprint density at radius 2 is 1.26 bits per heavy atom. The summed E-state index contributed by atoms with van der Waals surface area (Å²) in [6, 6.07) is 3.68. The summed E-state index contributed by atoms with van der Waals surface area (Å²) >= 11 is 4.76. The highest BCUT2D eigenvalue weighted by Crippen LogP contribution is 2.39. The summed E-state index contributed by atoms with van der Waals surface area (Å²) in [4.78, 5) is 1.27. The highest BCUT2D eigenvalue weighted by molar-refractivity contribution is 7.91. The number of hydrogen-bond acceptors (Lipinski definition) is 4. The minimum absolute atomic E-state index is 0.0527. The van der Waals surface area contributed by atoms with E-state index < -0.39 is 10.1 Å². The molecule has 0 fully saturated rings. The fourth-order valence-corrected chi connectivity index (χ4v) is 6.79. The molecule has 0 N–H and O–H groups in total. The van der Waals surface area contributed by atoms with E-state index in [-0.39, 0.29) is 29.6 Å². The molecule has 0 atom stereocenters. The first-order chi connectivity index (χ1) is 15.5. The number of benzene rings is 1. The molecule has 1 aromatic carbocycles. The van der Waals surface area contributed by atoms with Crippen molar-refractivity contribution in [2.75, 3.05) is 0 Å². The number of rotatable bonds is 11. The highest BCUT2D eigenvalue weighted by atomic mass is 32.2. The Balaban J connectivity index is 3.89. The first-order valence-electron chi connectivity index (χ1n) is 12.8. The molecule has 0 aromatic heterocycles. The zero-order valence-corrected chi connectivity index (χ0v) is 25.2. The molecule has 0 radical (unpaired) electrons. The molecule has 0 saturated heterocycles. The molecule has 0 amide bonds. The highest BCUT2D eigenvalue weighted by Gasteiger charge is 2.32. The average molecular weight is 509 g/mol. The van der Waals surface area contributed by atoms with Crippen LogP contribution in [0.3, 0.4) is 0 Å². The second-order valence-electron chi connectivity index (χ2n) is 11.3. The lowest BCUT2D eigenvalue weighted by molar-refractivity contribution is 0.487. The van der Waals surface area contributed by atoms with E-state index in [4.69, 9.17) is 16.8 Å². The maximum Gasteiger partial charge on any atom is 0.339 e. The van der Waals surface area contributed by atoms with Gasteiger partial charge in [0.25, 0.3) is 0 Å². The fourth-order valence-electron chi connectivity index (χ4n) is 4.35. The SMILES string of the molecule is CC(C)C/C=C(\C(=C(C(C)C)C(C)C)S(=O)(=O)Oc1cc(C(C)C)c(S)c(C(C)C)c1)C(C)C. The van der Waals surface area contributed by atoms with Gasteiger partial charge >= 0.3 is 10.1 Å². The van der Waals surface area contributed by atoms with E-state index in [2.05, 4.69) is 89.2 Å². The van der Waals surface area contributed by atoms with Gasteiger partial charge in [-0.1, -0.05) is 89.2 Å². The van der Waals surface area contributed by atoms with Crippen molar-refractivity contribution in [3.8, 4) is 5.75 Å². The van der Waals surface area contributed by atoms with Crippen LogP contribution in [0, 0.1) is 23.7 Å². The Labute approximate surface area is 216 Å². The minimum atomic E-state index is -4.07. The van der Waals surface area contributed by atoms with E-state index in [0.29, 0.717) is 16.6 Å². The lowest BCUT2D eigenvalue weighted by atomic mass is 9.87. The number of thiol groups is 1. The molecular formula is C29H48O3S2. The van der Waals surface area contributed by atoms with Crippen molar-refractivity contribution in [3.63, 3.8) is 0 Å². The first-order valence-corrected chi connectivity index (χ1v) is 14.6. The van der Waals surface area contributed by atoms with Crippen LogP contribution in [0.1, 0.15) is 112 Å². The predicted octanol–water partition coefficient (Wildman–Crippen LogP) is 9.13. The van der Waals surface area contributed by atoms with Gasteiger partial charge in [0.1, 0.15) is 10.7 Å². The maximum atomic E-state index is 14.0. The van der Waals surface area contributed by atoms with Gasteiger partial charge in [-0.3, -0.25) is 0 Å². The summed E-state index contributed by atoms with van der Waals surface area (Å²) in [5.74, 6) is 1.40. The average Bonchev–Trinajstić information content (AvgIpc) is 2.66. The minimum Gasteiger partial charge on any atom is -0.379 e. The monoisotopic (exact) mass is 508 g/mol. The van der Waals surface area contributed by atoms with Crippen LogP contribution in [0.15, 0.2) is 39.2 Å². The Kier molecular flexibility index (Phi) is 11.5. The third-order valence-corrected chi connectivity index (χ3v) is 7.94. The summed E-state index contributed by atoms with van der Waals surface area (Å²) in [6.45, 7) is 25.0. The van der Waals surface area contributed by atoms with Gasteiger partial charge in [-0.15, -0.1) is 12.6 Å². The van der Waals surface area contributed by atoms with Gasteiger partial charge in [-0.25, -0.2) is 0 Å². The zero-order valence-electron chi connectivity index (χ0n) is 23.5. The fraction of sp³-hybridized carbons (Fsp3) is 0.655. The molecule has 0 aliphatic heterocycles. The molecule has 5 heteroatoms. The molecule has 0 aliphatic rings. The van der Waals surface area contributed by atoms with Crippen LogP contribution in [0.2, 0.25) is 0 Å². The van der Waals surface area contributed by atoms with E-state index >= 15 is 0 Å². The van der Waals surface area contributed by atoms with Crippen LogP contribution in [-0.4, -0.2) is 8.42 Å². The number of hydrogen-bond donors (Lipinski definition) is 1. The van der Waals surface area contributed by atoms with E-state index in [1.54, 1.807) is 0 Å². The van der Waals surface area contributed by atoms with Gasteiger partial charge in [0.2, 0.25) is 0 Å². The molecule has 34 heavy (non-hydrogen) atoms. The quantitative estimate of drug-likeness (QED) is 0.184. The summed E-state index contributed by atoms with van der Waals surface area (Å²) < 4.78 is 34.1.